The van der Waals surface area contributed by atoms with Gasteiger partial charge in [-0.15, -0.1) is 0 Å². The second-order valence-electron chi connectivity index (χ2n) is 10.5. The third-order valence-corrected chi connectivity index (χ3v) is 9.51. The van der Waals surface area contributed by atoms with Crippen molar-refractivity contribution in [2.45, 2.75) is 25.2 Å². The van der Waals surface area contributed by atoms with Crippen LogP contribution in [0.15, 0.2) is 47.4 Å². The molecule has 0 unspecified atom stereocenters. The third-order valence-electron chi connectivity index (χ3n) is 7.45. The molecule has 3 aliphatic rings. The molecule has 2 amide bonds. The second kappa shape index (κ2) is 10.7. The lowest BCUT2D eigenvalue weighted by Gasteiger charge is -2.38. The number of piperazine rings is 1. The van der Waals surface area contributed by atoms with Crippen molar-refractivity contribution < 1.29 is 22.7 Å². The normalized spacial score (nSPS) is 22.7. The van der Waals surface area contributed by atoms with Crippen molar-refractivity contribution >= 4 is 44.8 Å². The molecule has 3 aliphatic heterocycles. The van der Waals surface area contributed by atoms with Gasteiger partial charge in [0.25, 0.3) is 5.91 Å². The lowest BCUT2D eigenvalue weighted by Crippen LogP contribution is -2.53. The Morgan fingerprint density at radius 1 is 1.03 bits per heavy atom. The van der Waals surface area contributed by atoms with Crippen LogP contribution in [0.1, 0.15) is 20.3 Å². The van der Waals surface area contributed by atoms with Gasteiger partial charge in [-0.3, -0.25) is 14.5 Å². The van der Waals surface area contributed by atoms with Crippen LogP contribution in [-0.2, 0) is 19.6 Å². The first-order chi connectivity index (χ1) is 18.1. The molecule has 0 saturated carbocycles. The fourth-order valence-corrected chi connectivity index (χ4v) is 7.47. The minimum Gasteiger partial charge on any atom is -0.482 e. The van der Waals surface area contributed by atoms with Gasteiger partial charge < -0.3 is 14.5 Å². The lowest BCUT2D eigenvalue weighted by atomic mass is 9.94. The van der Waals surface area contributed by atoms with Gasteiger partial charge in [-0.25, -0.2) is 8.42 Å². The summed E-state index contributed by atoms with van der Waals surface area (Å²) in [4.78, 5) is 31.4. The van der Waals surface area contributed by atoms with Gasteiger partial charge in [0, 0.05) is 50.0 Å². The average Bonchev–Trinajstić information content (AvgIpc) is 2.89. The first kappa shape index (κ1) is 26.8. The molecule has 3 heterocycles. The molecular formula is C27H33ClN4O5S. The van der Waals surface area contributed by atoms with Crippen LogP contribution in [0.4, 0.5) is 11.4 Å². The molecule has 2 aromatic rings. The second-order valence-corrected chi connectivity index (χ2v) is 12.9. The van der Waals surface area contributed by atoms with Gasteiger partial charge in [0.2, 0.25) is 15.9 Å². The minimum atomic E-state index is -3.76. The molecule has 2 aromatic carbocycles. The molecule has 0 spiro atoms. The molecule has 5 rings (SSSR count). The predicted molar refractivity (Wildman–Crippen MR) is 146 cm³/mol. The molecule has 9 nitrogen and oxygen atoms in total. The van der Waals surface area contributed by atoms with Gasteiger partial charge >= 0.3 is 0 Å². The van der Waals surface area contributed by atoms with Crippen molar-refractivity contribution in [2.75, 3.05) is 62.2 Å². The molecular weight excluding hydrogens is 528 g/mol. The van der Waals surface area contributed by atoms with E-state index in [1.54, 1.807) is 11.0 Å². The number of carbonyl (C=O) groups is 2. The van der Waals surface area contributed by atoms with Gasteiger partial charge in [-0.05, 0) is 54.7 Å². The number of hydrogen-bond donors (Lipinski definition) is 0. The number of rotatable bonds is 5. The van der Waals surface area contributed by atoms with Crippen molar-refractivity contribution in [3.05, 3.63) is 47.5 Å². The van der Waals surface area contributed by atoms with E-state index in [2.05, 4.69) is 18.7 Å². The third kappa shape index (κ3) is 5.48. The van der Waals surface area contributed by atoms with Gasteiger partial charge in [0.05, 0.1) is 10.6 Å². The summed E-state index contributed by atoms with van der Waals surface area (Å²) in [7, 11) is -3.76. The van der Waals surface area contributed by atoms with E-state index in [0.717, 1.165) is 12.1 Å². The number of nitrogens with zero attached hydrogens (tertiary/aromatic N) is 4. The molecule has 11 heteroatoms. The van der Waals surface area contributed by atoms with Crippen molar-refractivity contribution in [2.24, 2.45) is 11.8 Å². The highest BCUT2D eigenvalue weighted by molar-refractivity contribution is 7.89. The Balaban J connectivity index is 1.31. The Labute approximate surface area is 228 Å². The number of hydrogen-bond acceptors (Lipinski definition) is 6. The van der Waals surface area contributed by atoms with Crippen LogP contribution in [-0.4, -0.2) is 81.9 Å². The Kier molecular flexibility index (Phi) is 7.57. The fourth-order valence-electron chi connectivity index (χ4n) is 5.59. The van der Waals surface area contributed by atoms with Gasteiger partial charge in [0.15, 0.2) is 6.61 Å². The summed E-state index contributed by atoms with van der Waals surface area (Å²) in [5, 5.41) is 0.663. The Bertz CT molecular complexity index is 1320. The standard InChI is InChI=1S/C27H33ClN4O5S/c1-19-12-20(2)16-31(15-19)38(35,36)23-6-7-25-24(14-23)32(27(34)18-37-25)17-26(33)30-10-8-29(9-11-30)22-5-3-4-21(28)13-22/h3-7,13-14,19-20H,8-12,15-18H2,1-2H3/t19-,20+. The summed E-state index contributed by atoms with van der Waals surface area (Å²) in [6.45, 7) is 6.98. The molecule has 0 N–H and O–H groups in total. The van der Waals surface area contributed by atoms with E-state index in [0.29, 0.717) is 55.7 Å². The van der Waals surface area contributed by atoms with Crippen LogP contribution in [0.2, 0.25) is 5.02 Å². The van der Waals surface area contributed by atoms with Gasteiger partial charge in [0.1, 0.15) is 12.3 Å². The zero-order valence-corrected chi connectivity index (χ0v) is 23.2. The maximum absolute atomic E-state index is 13.5. The van der Waals surface area contributed by atoms with Gasteiger partial charge in [-0.1, -0.05) is 31.5 Å². The van der Waals surface area contributed by atoms with Crippen LogP contribution in [0.25, 0.3) is 0 Å². The first-order valence-electron chi connectivity index (χ1n) is 13.0. The zero-order chi connectivity index (χ0) is 27.0. The van der Waals surface area contributed by atoms with E-state index in [1.165, 1.54) is 21.3 Å². The van der Waals surface area contributed by atoms with E-state index in [1.807, 2.05) is 24.3 Å². The number of carbonyl (C=O) groups excluding carboxylic acids is 2. The van der Waals surface area contributed by atoms with Crippen LogP contribution in [0.5, 0.6) is 5.75 Å². The number of ether oxygens (including phenoxy) is 1. The molecule has 0 radical (unpaired) electrons. The first-order valence-corrected chi connectivity index (χ1v) is 14.8. The van der Waals surface area contributed by atoms with E-state index in [4.69, 9.17) is 16.3 Å². The van der Waals surface area contributed by atoms with Crippen LogP contribution in [0.3, 0.4) is 0 Å². The predicted octanol–water partition coefficient (Wildman–Crippen LogP) is 3.08. The Morgan fingerprint density at radius 3 is 2.42 bits per heavy atom. The number of anilines is 2. The fraction of sp³-hybridized carbons (Fsp3) is 0.481. The maximum atomic E-state index is 13.5. The van der Waals surface area contributed by atoms with Crippen LogP contribution < -0.4 is 14.5 Å². The SMILES string of the molecule is C[C@@H]1C[C@H](C)CN(S(=O)(=O)c2ccc3c(c2)N(CC(=O)N2CCN(c4cccc(Cl)c4)CC2)C(=O)CO3)C1. The van der Waals surface area contributed by atoms with Crippen molar-refractivity contribution in [3.63, 3.8) is 0 Å². The largest absolute Gasteiger partial charge is 0.482 e. The smallest absolute Gasteiger partial charge is 0.265 e. The quantitative estimate of drug-likeness (QED) is 0.558. The van der Waals surface area contributed by atoms with E-state index < -0.39 is 10.0 Å². The zero-order valence-electron chi connectivity index (χ0n) is 21.7. The number of amides is 2. The summed E-state index contributed by atoms with van der Waals surface area (Å²) < 4.78 is 34.1. The molecule has 0 bridgehead atoms. The van der Waals surface area contributed by atoms with Crippen molar-refractivity contribution in [1.82, 2.24) is 9.21 Å². The Morgan fingerprint density at radius 2 is 1.74 bits per heavy atom. The highest BCUT2D eigenvalue weighted by Gasteiger charge is 2.35. The topological polar surface area (TPSA) is 90.5 Å². The number of fused-ring (bicyclic) bond motifs is 1. The number of halogens is 1. The monoisotopic (exact) mass is 560 g/mol. The van der Waals surface area contributed by atoms with Crippen LogP contribution >= 0.6 is 11.6 Å². The van der Waals surface area contributed by atoms with Crippen molar-refractivity contribution in [1.29, 1.82) is 0 Å². The summed E-state index contributed by atoms with van der Waals surface area (Å²) in [5.41, 5.74) is 1.32. The summed E-state index contributed by atoms with van der Waals surface area (Å²) in [6, 6.07) is 12.2. The maximum Gasteiger partial charge on any atom is 0.265 e. The summed E-state index contributed by atoms with van der Waals surface area (Å²) in [6.07, 6.45) is 0.988. The summed E-state index contributed by atoms with van der Waals surface area (Å²) >= 11 is 6.12. The van der Waals surface area contributed by atoms with Gasteiger partial charge in [-0.2, -0.15) is 4.31 Å². The number of piperidine rings is 1. The Hall–Kier alpha value is -2.82. The van der Waals surface area contributed by atoms with Crippen LogP contribution in [0, 0.1) is 11.8 Å². The minimum absolute atomic E-state index is 0.100. The van der Waals surface area contributed by atoms with E-state index in [-0.39, 0.29) is 41.7 Å². The molecule has 2 saturated heterocycles. The van der Waals surface area contributed by atoms with E-state index in [9.17, 15) is 18.0 Å². The molecule has 2 atom stereocenters. The molecule has 204 valence electrons. The van der Waals surface area contributed by atoms with Crippen molar-refractivity contribution in [3.8, 4) is 5.75 Å². The molecule has 0 aromatic heterocycles. The number of benzene rings is 2. The molecule has 38 heavy (non-hydrogen) atoms. The molecule has 0 aliphatic carbocycles. The lowest BCUT2D eigenvalue weighted by molar-refractivity contribution is -0.132. The highest BCUT2D eigenvalue weighted by atomic mass is 35.5. The average molecular weight is 561 g/mol. The van der Waals surface area contributed by atoms with E-state index >= 15 is 0 Å². The highest BCUT2D eigenvalue weighted by Crippen LogP contribution is 2.36. The summed E-state index contributed by atoms with van der Waals surface area (Å²) in [5.74, 6) is 0.360. The number of sulfonamides is 1. The molecule has 2 fully saturated rings.